The van der Waals surface area contributed by atoms with Crippen LogP contribution in [0.15, 0.2) is 0 Å². The molecular formula is C18H44O6S4Si3. The van der Waals surface area contributed by atoms with E-state index in [4.69, 9.17) is 26.6 Å². The van der Waals surface area contributed by atoms with E-state index in [2.05, 4.69) is 11.7 Å². The zero-order valence-corrected chi connectivity index (χ0v) is 26.7. The molecular weight excluding hydrogens is 525 g/mol. The second-order valence-electron chi connectivity index (χ2n) is 6.61. The summed E-state index contributed by atoms with van der Waals surface area (Å²) in [5.74, 6) is 0. The molecule has 0 amide bonds. The molecule has 188 valence electrons. The Bertz CT molecular complexity index is 352. The van der Waals surface area contributed by atoms with Gasteiger partial charge < -0.3 is 26.6 Å². The van der Waals surface area contributed by atoms with Crippen LogP contribution in [0, 0.1) is 0 Å². The summed E-state index contributed by atoms with van der Waals surface area (Å²) in [5.41, 5.74) is 0. The van der Waals surface area contributed by atoms with Gasteiger partial charge in [0.2, 0.25) is 0 Å². The maximum absolute atomic E-state index is 6.02. The lowest BCUT2D eigenvalue weighted by atomic mass is 10.6. The van der Waals surface area contributed by atoms with Gasteiger partial charge in [-0.25, -0.2) is 0 Å². The third-order valence-electron chi connectivity index (χ3n) is 4.41. The molecule has 0 spiro atoms. The maximum Gasteiger partial charge on any atom is 0.500 e. The van der Waals surface area contributed by atoms with Crippen molar-refractivity contribution in [3.8, 4) is 0 Å². The topological polar surface area (TPSA) is 55.4 Å². The molecule has 0 aromatic heterocycles. The molecule has 0 atom stereocenters. The van der Waals surface area contributed by atoms with Crippen LogP contribution in [0.3, 0.4) is 0 Å². The van der Waals surface area contributed by atoms with E-state index in [1.54, 1.807) is 9.83 Å². The molecule has 0 aliphatic rings. The van der Waals surface area contributed by atoms with Gasteiger partial charge in [-0.3, -0.25) is 0 Å². The Kier molecular flexibility index (Phi) is 22.4. The summed E-state index contributed by atoms with van der Waals surface area (Å²) >= 11 is 4.31. The van der Waals surface area contributed by atoms with Crippen molar-refractivity contribution in [2.45, 2.75) is 78.6 Å². The smallest absolute Gasteiger partial charge is 0.374 e. The first kappa shape index (κ1) is 32.8. The molecule has 0 saturated carbocycles. The van der Waals surface area contributed by atoms with Crippen molar-refractivity contribution in [3.63, 3.8) is 0 Å². The highest BCUT2D eigenvalue weighted by Gasteiger charge is 2.41. The molecule has 0 N–H and O–H groups in total. The number of rotatable bonds is 23. The Morgan fingerprint density at radius 1 is 0.613 bits per heavy atom. The SMILES string of the molecule is CCO[Si](CCC[SiH](CCC[Si](OCC)(OCC)OCC)SSSS)(OCC)OCC. The predicted octanol–water partition coefficient (Wildman–Crippen LogP) is 6.46. The van der Waals surface area contributed by atoms with Gasteiger partial charge in [-0.05, 0) is 61.2 Å². The molecule has 0 aliphatic carbocycles. The molecule has 6 nitrogen and oxygen atoms in total. The van der Waals surface area contributed by atoms with E-state index in [0.717, 1.165) is 24.9 Å². The van der Waals surface area contributed by atoms with Crippen molar-refractivity contribution in [1.29, 1.82) is 0 Å². The molecule has 13 heteroatoms. The van der Waals surface area contributed by atoms with Crippen LogP contribution in [0.25, 0.3) is 0 Å². The van der Waals surface area contributed by atoms with E-state index in [0.29, 0.717) is 39.6 Å². The van der Waals surface area contributed by atoms with Crippen LogP contribution in [0.1, 0.15) is 54.4 Å². The van der Waals surface area contributed by atoms with Gasteiger partial charge in [-0.15, -0.1) is 10.2 Å². The van der Waals surface area contributed by atoms with E-state index in [1.807, 2.05) is 51.8 Å². The van der Waals surface area contributed by atoms with Crippen molar-refractivity contribution < 1.29 is 26.6 Å². The lowest BCUT2D eigenvalue weighted by Crippen LogP contribution is -2.46. The Hall–Kier alpha value is 1.81. The lowest BCUT2D eigenvalue weighted by Gasteiger charge is -2.29. The Balaban J connectivity index is 4.86. The van der Waals surface area contributed by atoms with Crippen molar-refractivity contribution in [1.82, 2.24) is 0 Å². The molecule has 0 fully saturated rings. The standard InChI is InChI=1S/C18H44O6S4Si3/c1-7-19-30(20-8-2,21-9-3)17-13-15-29(28-27-26-25)16-14-18-31(22-10-4,23-11-5)24-12-6/h25,29H,7-18H2,1-6H3. The fourth-order valence-electron chi connectivity index (χ4n) is 3.41. The minimum atomic E-state index is -2.55. The first-order valence-corrected chi connectivity index (χ1v) is 23.0. The summed E-state index contributed by atoms with van der Waals surface area (Å²) in [7, 11) is -0.784. The molecule has 0 aliphatic heterocycles. The average Bonchev–Trinajstić information content (AvgIpc) is 2.73. The van der Waals surface area contributed by atoms with Crippen molar-refractivity contribution >= 4 is 67.1 Å². The molecule has 0 bridgehead atoms. The van der Waals surface area contributed by atoms with Crippen LogP contribution in [0.4, 0.5) is 0 Å². The summed E-state index contributed by atoms with van der Waals surface area (Å²) in [6.07, 6.45) is 2.16. The van der Waals surface area contributed by atoms with Crippen LogP contribution in [-0.2, 0) is 26.6 Å². The van der Waals surface area contributed by atoms with E-state index in [9.17, 15) is 0 Å². The Morgan fingerprint density at radius 2 is 0.935 bits per heavy atom. The van der Waals surface area contributed by atoms with Gasteiger partial charge in [0, 0.05) is 51.7 Å². The molecule has 0 aromatic rings. The molecule has 0 rings (SSSR count). The highest BCUT2D eigenvalue weighted by molar-refractivity contribution is 9.26. The van der Waals surface area contributed by atoms with E-state index in [1.165, 1.54) is 21.9 Å². The largest absolute Gasteiger partial charge is 0.500 e. The molecule has 0 saturated heterocycles. The van der Waals surface area contributed by atoms with Crippen molar-refractivity contribution in [2.24, 2.45) is 0 Å². The van der Waals surface area contributed by atoms with Crippen molar-refractivity contribution in [3.05, 3.63) is 0 Å². The molecule has 0 heterocycles. The third-order valence-corrected chi connectivity index (χ3v) is 23.3. The van der Waals surface area contributed by atoms with E-state index in [-0.39, 0.29) is 0 Å². The number of hydrogen-bond donors (Lipinski definition) is 1. The highest BCUT2D eigenvalue weighted by atomic mass is 33.7. The number of thiol groups is 1. The number of hydrogen-bond acceptors (Lipinski definition) is 10. The van der Waals surface area contributed by atoms with Crippen LogP contribution in [-0.4, -0.2) is 65.2 Å². The first-order chi connectivity index (χ1) is 15.0. The van der Waals surface area contributed by atoms with E-state index >= 15 is 0 Å². The lowest BCUT2D eigenvalue weighted by molar-refractivity contribution is 0.0705. The molecule has 0 unspecified atom stereocenters. The van der Waals surface area contributed by atoms with Gasteiger partial charge in [0.05, 0.1) is 0 Å². The maximum atomic E-state index is 6.02. The monoisotopic (exact) mass is 568 g/mol. The first-order valence-electron chi connectivity index (χ1n) is 11.5. The summed E-state index contributed by atoms with van der Waals surface area (Å²) in [6.45, 7) is 15.9. The van der Waals surface area contributed by atoms with Crippen molar-refractivity contribution in [2.75, 3.05) is 39.6 Å². The van der Waals surface area contributed by atoms with Gasteiger partial charge in [-0.1, -0.05) is 36.6 Å². The van der Waals surface area contributed by atoms with Gasteiger partial charge in [0.25, 0.3) is 0 Å². The second kappa shape index (κ2) is 21.1. The van der Waals surface area contributed by atoms with Gasteiger partial charge in [-0.2, -0.15) is 0 Å². The Morgan fingerprint density at radius 3 is 1.19 bits per heavy atom. The fourth-order valence-corrected chi connectivity index (χ4v) is 23.3. The minimum absolute atomic E-state index is 0.632. The minimum Gasteiger partial charge on any atom is -0.374 e. The van der Waals surface area contributed by atoms with E-state index < -0.39 is 25.6 Å². The van der Waals surface area contributed by atoms with Crippen LogP contribution >= 0.6 is 41.6 Å². The van der Waals surface area contributed by atoms with Crippen LogP contribution in [0.5, 0.6) is 0 Å². The average molecular weight is 569 g/mol. The van der Waals surface area contributed by atoms with Gasteiger partial charge >= 0.3 is 17.6 Å². The summed E-state index contributed by atoms with van der Waals surface area (Å²) in [6, 6.07) is 4.22. The van der Waals surface area contributed by atoms with Gasteiger partial charge in [0.1, 0.15) is 7.95 Å². The summed E-state index contributed by atoms with van der Waals surface area (Å²) in [5, 5.41) is 0. The fraction of sp³-hybridized carbons (Fsp3) is 1.00. The predicted molar refractivity (Wildman–Crippen MR) is 149 cm³/mol. The summed E-state index contributed by atoms with van der Waals surface area (Å²) in [4.78, 5) is 0. The van der Waals surface area contributed by atoms with Crippen LogP contribution < -0.4 is 0 Å². The molecule has 0 aromatic carbocycles. The quantitative estimate of drug-likeness (QED) is 0.0850. The van der Waals surface area contributed by atoms with Crippen LogP contribution in [0.2, 0.25) is 24.2 Å². The second-order valence-corrected chi connectivity index (χ2v) is 22.7. The Labute approximate surface area is 210 Å². The summed E-state index contributed by atoms with van der Waals surface area (Å²) < 4.78 is 36.1. The normalized spacial score (nSPS) is 12.8. The zero-order chi connectivity index (χ0) is 23.4. The molecule has 31 heavy (non-hydrogen) atoms. The van der Waals surface area contributed by atoms with Gasteiger partial charge in [0.15, 0.2) is 0 Å². The third kappa shape index (κ3) is 14.7. The molecule has 0 radical (unpaired) electrons. The highest BCUT2D eigenvalue weighted by Crippen LogP contribution is 2.42. The zero-order valence-electron chi connectivity index (χ0n) is 20.2.